The van der Waals surface area contributed by atoms with Crippen molar-refractivity contribution in [2.45, 2.75) is 46.0 Å². The number of hydrogen-bond donors (Lipinski definition) is 2. The second-order valence-electron chi connectivity index (χ2n) is 5.61. The number of rotatable bonds is 8. The summed E-state index contributed by atoms with van der Waals surface area (Å²) in [5.74, 6) is 1.26. The number of nitrogens with two attached hydrogens (primary N) is 1. The summed E-state index contributed by atoms with van der Waals surface area (Å²) in [6.07, 6.45) is 5.41. The molecule has 3 N–H and O–H groups in total. The molecule has 118 valence electrons. The van der Waals surface area contributed by atoms with Gasteiger partial charge in [0.05, 0.1) is 0 Å². The molecule has 4 heteroatoms. The van der Waals surface area contributed by atoms with Crippen LogP contribution in [-0.4, -0.2) is 16.5 Å². The number of unbranched alkanes of at least 4 members (excludes halogenated alkanes) is 1. The molecular formula is C18H26N4. The van der Waals surface area contributed by atoms with Crippen molar-refractivity contribution in [1.82, 2.24) is 9.97 Å². The Hall–Kier alpha value is -2.10. The van der Waals surface area contributed by atoms with E-state index >= 15 is 0 Å². The number of nitrogens with zero attached hydrogens (tertiary/aromatic N) is 2. The Labute approximate surface area is 133 Å². The van der Waals surface area contributed by atoms with E-state index in [2.05, 4.69) is 52.5 Å². The zero-order valence-electron chi connectivity index (χ0n) is 13.6. The van der Waals surface area contributed by atoms with Crippen LogP contribution in [0.2, 0.25) is 0 Å². The summed E-state index contributed by atoms with van der Waals surface area (Å²) < 4.78 is 0. The number of aryl methyl sites for hydroxylation is 2. The van der Waals surface area contributed by atoms with Gasteiger partial charge in [-0.05, 0) is 38.2 Å². The maximum atomic E-state index is 5.79. The fourth-order valence-electron chi connectivity index (χ4n) is 2.56. The Morgan fingerprint density at radius 3 is 2.55 bits per heavy atom. The van der Waals surface area contributed by atoms with Crippen LogP contribution in [-0.2, 0) is 12.8 Å². The predicted molar refractivity (Wildman–Crippen MR) is 93.0 cm³/mol. The zero-order valence-corrected chi connectivity index (χ0v) is 13.6. The molecule has 0 saturated heterocycles. The van der Waals surface area contributed by atoms with E-state index in [0.717, 1.165) is 50.2 Å². The summed E-state index contributed by atoms with van der Waals surface area (Å²) in [7, 11) is 0. The van der Waals surface area contributed by atoms with Crippen LogP contribution in [0.15, 0.2) is 30.3 Å². The van der Waals surface area contributed by atoms with Gasteiger partial charge in [-0.25, -0.2) is 4.98 Å². The number of hydrogen-bond acceptors (Lipinski definition) is 4. The lowest BCUT2D eigenvalue weighted by atomic mass is 10.0. The summed E-state index contributed by atoms with van der Waals surface area (Å²) in [4.78, 5) is 8.70. The summed E-state index contributed by atoms with van der Waals surface area (Å²) in [5, 5.41) is 3.41. The van der Waals surface area contributed by atoms with Crippen LogP contribution in [0.5, 0.6) is 0 Å². The van der Waals surface area contributed by atoms with Crippen molar-refractivity contribution in [3.63, 3.8) is 0 Å². The van der Waals surface area contributed by atoms with E-state index < -0.39 is 0 Å². The van der Waals surface area contributed by atoms with Gasteiger partial charge in [-0.15, -0.1) is 0 Å². The van der Waals surface area contributed by atoms with Crippen molar-refractivity contribution in [2.75, 3.05) is 17.6 Å². The third-order valence-electron chi connectivity index (χ3n) is 3.79. The third kappa shape index (κ3) is 4.72. The highest BCUT2D eigenvalue weighted by Crippen LogP contribution is 2.20. The standard InChI is InChI=1S/C18H26N4/c1-3-4-13-20-17-16(14(2)21-18(19)22-17)12-8-11-15-9-6-5-7-10-15/h5-7,9-10H,3-4,8,11-13H2,1-2H3,(H3,19,20,21,22). The van der Waals surface area contributed by atoms with Crippen molar-refractivity contribution >= 4 is 11.8 Å². The second-order valence-corrected chi connectivity index (χ2v) is 5.61. The van der Waals surface area contributed by atoms with Gasteiger partial charge in [0.15, 0.2) is 0 Å². The Kier molecular flexibility index (Phi) is 6.19. The first-order valence-corrected chi connectivity index (χ1v) is 8.11. The molecule has 1 heterocycles. The molecule has 0 radical (unpaired) electrons. The van der Waals surface area contributed by atoms with Crippen LogP contribution in [0, 0.1) is 6.92 Å². The van der Waals surface area contributed by atoms with Gasteiger partial charge < -0.3 is 11.1 Å². The Morgan fingerprint density at radius 1 is 1.05 bits per heavy atom. The molecule has 0 spiro atoms. The summed E-state index contributed by atoms with van der Waals surface area (Å²) in [6.45, 7) is 5.13. The Morgan fingerprint density at radius 2 is 1.82 bits per heavy atom. The lowest BCUT2D eigenvalue weighted by Crippen LogP contribution is -2.11. The van der Waals surface area contributed by atoms with Crippen LogP contribution >= 0.6 is 0 Å². The molecule has 0 saturated carbocycles. The van der Waals surface area contributed by atoms with Gasteiger partial charge in [-0.2, -0.15) is 4.98 Å². The van der Waals surface area contributed by atoms with E-state index in [9.17, 15) is 0 Å². The molecule has 0 atom stereocenters. The maximum absolute atomic E-state index is 5.79. The number of nitrogen functional groups attached to an aromatic ring is 1. The molecule has 0 unspecified atom stereocenters. The number of anilines is 2. The number of benzene rings is 1. The van der Waals surface area contributed by atoms with Crippen LogP contribution in [0.25, 0.3) is 0 Å². The molecule has 0 aliphatic rings. The lowest BCUT2D eigenvalue weighted by Gasteiger charge is -2.13. The van der Waals surface area contributed by atoms with Crippen molar-refractivity contribution in [3.8, 4) is 0 Å². The smallest absolute Gasteiger partial charge is 0.222 e. The predicted octanol–water partition coefficient (Wildman–Crippen LogP) is 3.75. The molecule has 2 aromatic rings. The summed E-state index contributed by atoms with van der Waals surface area (Å²) in [6, 6.07) is 10.6. The van der Waals surface area contributed by atoms with Crippen molar-refractivity contribution in [2.24, 2.45) is 0 Å². The molecule has 0 aliphatic carbocycles. The quantitative estimate of drug-likeness (QED) is 0.728. The summed E-state index contributed by atoms with van der Waals surface area (Å²) in [5.41, 5.74) is 9.34. The van der Waals surface area contributed by atoms with Crippen LogP contribution < -0.4 is 11.1 Å². The first-order chi connectivity index (χ1) is 10.7. The van der Waals surface area contributed by atoms with Gasteiger partial charge in [0.2, 0.25) is 5.95 Å². The Bertz CT molecular complexity index is 581. The first-order valence-electron chi connectivity index (χ1n) is 8.11. The van der Waals surface area contributed by atoms with Crippen molar-refractivity contribution in [1.29, 1.82) is 0 Å². The second kappa shape index (κ2) is 8.37. The fourth-order valence-corrected chi connectivity index (χ4v) is 2.56. The van der Waals surface area contributed by atoms with E-state index in [4.69, 9.17) is 5.73 Å². The summed E-state index contributed by atoms with van der Waals surface area (Å²) >= 11 is 0. The van der Waals surface area contributed by atoms with E-state index in [1.165, 1.54) is 11.1 Å². The van der Waals surface area contributed by atoms with Gasteiger partial charge in [0, 0.05) is 17.8 Å². The van der Waals surface area contributed by atoms with Crippen LogP contribution in [0.4, 0.5) is 11.8 Å². The number of nitrogens with one attached hydrogen (secondary N) is 1. The fraction of sp³-hybridized carbons (Fsp3) is 0.444. The topological polar surface area (TPSA) is 63.8 Å². The van der Waals surface area contributed by atoms with E-state index in [0.29, 0.717) is 5.95 Å². The van der Waals surface area contributed by atoms with E-state index in [-0.39, 0.29) is 0 Å². The molecule has 1 aromatic carbocycles. The Balaban J connectivity index is 2.01. The molecule has 4 nitrogen and oxygen atoms in total. The van der Waals surface area contributed by atoms with Gasteiger partial charge in [0.25, 0.3) is 0 Å². The van der Waals surface area contributed by atoms with Crippen molar-refractivity contribution in [3.05, 3.63) is 47.2 Å². The SMILES string of the molecule is CCCCNc1nc(N)nc(C)c1CCCc1ccccc1. The van der Waals surface area contributed by atoms with E-state index in [1.807, 2.05) is 6.92 Å². The number of aromatic nitrogens is 2. The molecule has 1 aromatic heterocycles. The highest BCUT2D eigenvalue weighted by molar-refractivity contribution is 5.49. The average Bonchev–Trinajstić information content (AvgIpc) is 2.51. The van der Waals surface area contributed by atoms with Gasteiger partial charge in [-0.3, -0.25) is 0 Å². The van der Waals surface area contributed by atoms with Gasteiger partial charge >= 0.3 is 0 Å². The van der Waals surface area contributed by atoms with E-state index in [1.54, 1.807) is 0 Å². The lowest BCUT2D eigenvalue weighted by molar-refractivity contribution is 0.795. The molecule has 0 fully saturated rings. The molecule has 0 bridgehead atoms. The molecular weight excluding hydrogens is 272 g/mol. The van der Waals surface area contributed by atoms with Crippen LogP contribution in [0.3, 0.4) is 0 Å². The highest BCUT2D eigenvalue weighted by Gasteiger charge is 2.10. The van der Waals surface area contributed by atoms with Crippen molar-refractivity contribution < 1.29 is 0 Å². The minimum Gasteiger partial charge on any atom is -0.370 e. The largest absolute Gasteiger partial charge is 0.370 e. The first kappa shape index (κ1) is 16.3. The maximum Gasteiger partial charge on any atom is 0.222 e. The average molecular weight is 298 g/mol. The molecule has 2 rings (SSSR count). The van der Waals surface area contributed by atoms with Gasteiger partial charge in [0.1, 0.15) is 5.82 Å². The zero-order chi connectivity index (χ0) is 15.8. The van der Waals surface area contributed by atoms with Gasteiger partial charge in [-0.1, -0.05) is 43.7 Å². The molecule has 0 aliphatic heterocycles. The minimum atomic E-state index is 0.350. The minimum absolute atomic E-state index is 0.350. The molecule has 0 amide bonds. The third-order valence-corrected chi connectivity index (χ3v) is 3.79. The highest BCUT2D eigenvalue weighted by atomic mass is 15.1. The monoisotopic (exact) mass is 298 g/mol. The van der Waals surface area contributed by atoms with Crippen LogP contribution in [0.1, 0.15) is 43.0 Å². The normalized spacial score (nSPS) is 10.6. The molecule has 22 heavy (non-hydrogen) atoms.